The molecule has 1 aromatic carbocycles. The van der Waals surface area contributed by atoms with Crippen LogP contribution in [0.5, 0.6) is 11.5 Å². The number of benzene rings is 1. The molecule has 2 heterocycles. The van der Waals surface area contributed by atoms with E-state index in [4.69, 9.17) is 9.47 Å². The van der Waals surface area contributed by atoms with Crippen molar-refractivity contribution in [2.45, 2.75) is 38.1 Å². The molecule has 2 aliphatic heterocycles. The zero-order valence-corrected chi connectivity index (χ0v) is 18.2. The lowest BCUT2D eigenvalue weighted by Gasteiger charge is -2.34. The van der Waals surface area contributed by atoms with Crippen LogP contribution in [0.1, 0.15) is 27.2 Å². The van der Waals surface area contributed by atoms with Gasteiger partial charge in [-0.05, 0) is 25.0 Å². The Labute approximate surface area is 173 Å². The molecule has 0 aliphatic carbocycles. The first-order chi connectivity index (χ1) is 13.8. The molecule has 29 heavy (non-hydrogen) atoms. The van der Waals surface area contributed by atoms with Crippen molar-refractivity contribution in [2.75, 3.05) is 45.9 Å². The van der Waals surface area contributed by atoms with Gasteiger partial charge in [-0.25, -0.2) is 8.42 Å². The third-order valence-corrected chi connectivity index (χ3v) is 7.34. The lowest BCUT2D eigenvalue weighted by atomic mass is 10.1. The molecular formula is C20H31N3O5S. The zero-order valence-electron chi connectivity index (χ0n) is 17.4. The van der Waals surface area contributed by atoms with E-state index < -0.39 is 10.0 Å². The van der Waals surface area contributed by atoms with Gasteiger partial charge in [0.2, 0.25) is 15.9 Å². The lowest BCUT2D eigenvalue weighted by molar-refractivity contribution is -0.123. The van der Waals surface area contributed by atoms with Crippen LogP contribution in [0.3, 0.4) is 0 Å². The molecule has 3 rings (SSSR count). The normalized spacial score (nSPS) is 19.6. The summed E-state index contributed by atoms with van der Waals surface area (Å²) < 4.78 is 38.7. The number of carbonyl (C=O) groups excluding carboxylic acids is 1. The molecule has 8 nitrogen and oxygen atoms in total. The SMILES string of the molecule is CC(C)[C@H](C)NC(=O)CN1CCN(S(=O)(=O)c2ccc3c(c2)OCCCO3)CC1. The molecule has 1 saturated heterocycles. The van der Waals surface area contributed by atoms with E-state index >= 15 is 0 Å². The predicted octanol–water partition coefficient (Wildman–Crippen LogP) is 1.31. The van der Waals surface area contributed by atoms with Gasteiger partial charge in [0, 0.05) is 44.7 Å². The van der Waals surface area contributed by atoms with Gasteiger partial charge in [0.25, 0.3) is 0 Å². The number of piperazine rings is 1. The van der Waals surface area contributed by atoms with Crippen LogP contribution in [0.4, 0.5) is 0 Å². The summed E-state index contributed by atoms with van der Waals surface area (Å²) in [7, 11) is -3.62. The smallest absolute Gasteiger partial charge is 0.243 e. The number of sulfonamides is 1. The third-order valence-electron chi connectivity index (χ3n) is 5.44. The van der Waals surface area contributed by atoms with Crippen molar-refractivity contribution >= 4 is 15.9 Å². The van der Waals surface area contributed by atoms with Crippen LogP contribution in [0.2, 0.25) is 0 Å². The number of amides is 1. The molecule has 1 amide bonds. The molecule has 0 spiro atoms. The molecule has 0 bridgehead atoms. The maximum atomic E-state index is 13.0. The Morgan fingerprint density at radius 3 is 2.38 bits per heavy atom. The van der Waals surface area contributed by atoms with Gasteiger partial charge in [0.05, 0.1) is 24.7 Å². The quantitative estimate of drug-likeness (QED) is 0.740. The van der Waals surface area contributed by atoms with Crippen LogP contribution in [0.15, 0.2) is 23.1 Å². The fourth-order valence-electron chi connectivity index (χ4n) is 3.25. The van der Waals surface area contributed by atoms with Gasteiger partial charge in [-0.1, -0.05) is 13.8 Å². The molecule has 1 atom stereocenters. The van der Waals surface area contributed by atoms with E-state index in [1.165, 1.54) is 4.31 Å². The van der Waals surface area contributed by atoms with Gasteiger partial charge in [0.1, 0.15) is 0 Å². The first kappa shape index (κ1) is 21.9. The molecule has 2 aliphatic rings. The van der Waals surface area contributed by atoms with Crippen LogP contribution in [-0.4, -0.2) is 75.5 Å². The van der Waals surface area contributed by atoms with Gasteiger partial charge >= 0.3 is 0 Å². The number of carbonyl (C=O) groups is 1. The molecule has 1 fully saturated rings. The van der Waals surface area contributed by atoms with Crippen molar-refractivity contribution in [1.29, 1.82) is 0 Å². The second kappa shape index (κ2) is 9.32. The van der Waals surface area contributed by atoms with Crippen molar-refractivity contribution in [3.63, 3.8) is 0 Å². The number of ether oxygens (including phenoxy) is 2. The second-order valence-corrected chi connectivity index (χ2v) is 9.88. The summed E-state index contributed by atoms with van der Waals surface area (Å²) in [4.78, 5) is 14.4. The molecule has 0 unspecified atom stereocenters. The number of rotatable bonds is 6. The van der Waals surface area contributed by atoms with Crippen molar-refractivity contribution in [3.8, 4) is 11.5 Å². The highest BCUT2D eigenvalue weighted by molar-refractivity contribution is 7.89. The summed E-state index contributed by atoms with van der Waals surface area (Å²) in [6.45, 7) is 9.21. The van der Waals surface area contributed by atoms with Gasteiger partial charge < -0.3 is 14.8 Å². The highest BCUT2D eigenvalue weighted by Crippen LogP contribution is 2.33. The summed E-state index contributed by atoms with van der Waals surface area (Å²) in [5.41, 5.74) is 0. The van der Waals surface area contributed by atoms with E-state index in [0.29, 0.717) is 56.8 Å². The Hall–Kier alpha value is -1.84. The first-order valence-electron chi connectivity index (χ1n) is 10.2. The van der Waals surface area contributed by atoms with Gasteiger partial charge in [-0.15, -0.1) is 0 Å². The fourth-order valence-corrected chi connectivity index (χ4v) is 4.69. The second-order valence-electron chi connectivity index (χ2n) is 7.94. The Bertz CT molecular complexity index is 819. The van der Waals surface area contributed by atoms with E-state index in [-0.39, 0.29) is 23.4 Å². The standard InChI is InChI=1S/C20H31N3O5S/c1-15(2)16(3)21-20(24)14-22-7-9-23(10-8-22)29(25,26)17-5-6-18-19(13-17)28-12-4-11-27-18/h5-6,13,15-16H,4,7-12,14H2,1-3H3,(H,21,24)/t16-/m0/s1. The van der Waals surface area contributed by atoms with E-state index in [9.17, 15) is 13.2 Å². The minimum Gasteiger partial charge on any atom is -0.490 e. The van der Waals surface area contributed by atoms with Crippen LogP contribution < -0.4 is 14.8 Å². The lowest BCUT2D eigenvalue weighted by Crippen LogP contribution is -2.51. The maximum absolute atomic E-state index is 13.0. The molecule has 162 valence electrons. The van der Waals surface area contributed by atoms with E-state index in [2.05, 4.69) is 19.2 Å². The fraction of sp³-hybridized carbons (Fsp3) is 0.650. The van der Waals surface area contributed by atoms with Crippen LogP contribution in [0.25, 0.3) is 0 Å². The molecule has 1 N–H and O–H groups in total. The largest absolute Gasteiger partial charge is 0.490 e. The Morgan fingerprint density at radius 1 is 1.07 bits per heavy atom. The monoisotopic (exact) mass is 425 g/mol. The number of nitrogens with zero attached hydrogens (tertiary/aromatic N) is 2. The number of nitrogens with one attached hydrogen (secondary N) is 1. The summed E-state index contributed by atoms with van der Waals surface area (Å²) >= 11 is 0. The highest BCUT2D eigenvalue weighted by Gasteiger charge is 2.30. The minimum absolute atomic E-state index is 0.0228. The number of hydrogen-bond acceptors (Lipinski definition) is 6. The van der Waals surface area contributed by atoms with E-state index in [1.807, 2.05) is 11.8 Å². The topological polar surface area (TPSA) is 88.2 Å². The average molecular weight is 426 g/mol. The Kier molecular flexibility index (Phi) is 7.02. The van der Waals surface area contributed by atoms with Crippen molar-refractivity contribution in [2.24, 2.45) is 5.92 Å². The average Bonchev–Trinajstić information content (AvgIpc) is 2.93. The summed E-state index contributed by atoms with van der Waals surface area (Å²) in [5, 5.41) is 2.99. The van der Waals surface area contributed by atoms with Crippen molar-refractivity contribution in [3.05, 3.63) is 18.2 Å². The van der Waals surface area contributed by atoms with Gasteiger partial charge in [-0.2, -0.15) is 4.31 Å². The molecule has 0 radical (unpaired) electrons. The number of hydrogen-bond donors (Lipinski definition) is 1. The third kappa shape index (κ3) is 5.40. The van der Waals surface area contributed by atoms with Crippen LogP contribution >= 0.6 is 0 Å². The Morgan fingerprint density at radius 2 is 1.72 bits per heavy atom. The van der Waals surface area contributed by atoms with Crippen LogP contribution in [0, 0.1) is 5.92 Å². The summed E-state index contributed by atoms with van der Waals surface area (Å²) in [5.74, 6) is 1.40. The van der Waals surface area contributed by atoms with E-state index in [0.717, 1.165) is 6.42 Å². The van der Waals surface area contributed by atoms with Crippen molar-refractivity contribution in [1.82, 2.24) is 14.5 Å². The number of fused-ring (bicyclic) bond motifs is 1. The zero-order chi connectivity index (χ0) is 21.0. The molecule has 0 aromatic heterocycles. The van der Waals surface area contributed by atoms with Crippen molar-refractivity contribution < 1.29 is 22.7 Å². The predicted molar refractivity (Wildman–Crippen MR) is 110 cm³/mol. The van der Waals surface area contributed by atoms with Gasteiger partial charge in [0.15, 0.2) is 11.5 Å². The summed E-state index contributed by atoms with van der Waals surface area (Å²) in [6, 6.07) is 4.88. The molecular weight excluding hydrogens is 394 g/mol. The highest BCUT2D eigenvalue weighted by atomic mass is 32.2. The van der Waals surface area contributed by atoms with Gasteiger partial charge in [-0.3, -0.25) is 9.69 Å². The Balaban J connectivity index is 1.58. The van der Waals surface area contributed by atoms with E-state index in [1.54, 1.807) is 18.2 Å². The molecule has 1 aromatic rings. The van der Waals surface area contributed by atoms with Crippen LogP contribution in [-0.2, 0) is 14.8 Å². The molecule has 0 saturated carbocycles. The molecule has 9 heteroatoms. The maximum Gasteiger partial charge on any atom is 0.243 e. The first-order valence-corrected chi connectivity index (χ1v) is 11.6. The minimum atomic E-state index is -3.62. The summed E-state index contributed by atoms with van der Waals surface area (Å²) in [6.07, 6.45) is 0.766.